The lowest BCUT2D eigenvalue weighted by molar-refractivity contribution is -0.503. The Morgan fingerprint density at radius 3 is 1.78 bits per heavy atom. The number of nitrogens with zero attached hydrogens (tertiary/aromatic N) is 3. The van der Waals surface area contributed by atoms with Crippen LogP contribution in [0.5, 0.6) is 0 Å². The van der Waals surface area contributed by atoms with E-state index in [0.29, 0.717) is 0 Å². The van der Waals surface area contributed by atoms with E-state index in [9.17, 15) is 35.1 Å². The van der Waals surface area contributed by atoms with Crippen LogP contribution in [0, 0.1) is 30.3 Å². The van der Waals surface area contributed by atoms with Crippen LogP contribution in [-0.4, -0.2) is 25.8 Å². The van der Waals surface area contributed by atoms with Crippen molar-refractivity contribution in [3.63, 3.8) is 0 Å². The highest BCUT2D eigenvalue weighted by molar-refractivity contribution is 5.88. The quantitative estimate of drug-likeness (QED) is 0.549. The van der Waals surface area contributed by atoms with Gasteiger partial charge in [0, 0.05) is 0 Å². The number of nitro groups is 3. The zero-order valence-corrected chi connectivity index (χ0v) is 8.56. The molecule has 0 radical (unpaired) electrons. The van der Waals surface area contributed by atoms with Crippen molar-refractivity contribution < 1.29 is 24.7 Å². The predicted octanol–water partition coefficient (Wildman–Crippen LogP) is 0.161. The van der Waals surface area contributed by atoms with Gasteiger partial charge >= 0.3 is 23.1 Å². The minimum absolute atomic E-state index is 0.501. The van der Waals surface area contributed by atoms with Gasteiger partial charge in [-0.3, -0.25) is 30.3 Å². The van der Waals surface area contributed by atoms with Crippen molar-refractivity contribution in [2.75, 3.05) is 0 Å². The van der Waals surface area contributed by atoms with Crippen LogP contribution in [0.15, 0.2) is 22.7 Å². The summed E-state index contributed by atoms with van der Waals surface area (Å²) in [7, 11) is 0. The average Bonchev–Trinajstić information content (AvgIpc) is 2.26. The zero-order valence-electron chi connectivity index (χ0n) is 8.56. The molecule has 0 heterocycles. The molecular weight excluding hydrogens is 254 g/mol. The number of allylic oxidation sites excluding steroid dienone is 1. The maximum Gasteiger partial charge on any atom is 0.418 e. The van der Waals surface area contributed by atoms with Crippen molar-refractivity contribution in [1.29, 1.82) is 0 Å². The van der Waals surface area contributed by atoms with Crippen molar-refractivity contribution in [3.8, 4) is 0 Å². The lowest BCUT2D eigenvalue weighted by Gasteiger charge is -2.08. The molecule has 1 rings (SSSR count). The van der Waals surface area contributed by atoms with Gasteiger partial charge in [-0.05, 0) is 6.42 Å². The first kappa shape index (κ1) is 13.2. The minimum atomic E-state index is -1.71. The molecular formula is C7H5N3O8. The molecule has 0 unspecified atom stereocenters. The zero-order chi connectivity index (χ0) is 14.0. The Balaban J connectivity index is 3.63. The molecule has 0 saturated heterocycles. The fourth-order valence-corrected chi connectivity index (χ4v) is 1.53. The van der Waals surface area contributed by atoms with Gasteiger partial charge in [0.2, 0.25) is 0 Å². The summed E-state index contributed by atoms with van der Waals surface area (Å²) in [5.41, 5.74) is -4.46. The summed E-state index contributed by atoms with van der Waals surface area (Å²) in [6, 6.07) is 0. The molecule has 1 aliphatic rings. The molecule has 0 saturated carbocycles. The van der Waals surface area contributed by atoms with Crippen LogP contribution in [0.2, 0.25) is 0 Å². The smallest absolute Gasteiger partial charge is 0.418 e. The van der Waals surface area contributed by atoms with E-state index in [1.807, 2.05) is 0 Å². The fraction of sp³-hybridized carbons (Fsp3) is 0.286. The SMILES string of the molecule is O=C(O)C1=C([N+](=O)[O-])C([N+](=O)[O-])=C([N+](=O)[O-])CC1. The molecule has 0 fully saturated rings. The second-order valence-corrected chi connectivity index (χ2v) is 3.20. The van der Waals surface area contributed by atoms with Crippen molar-refractivity contribution in [1.82, 2.24) is 0 Å². The van der Waals surface area contributed by atoms with Crippen LogP contribution < -0.4 is 0 Å². The molecule has 0 aromatic heterocycles. The maximum atomic E-state index is 10.7. The first-order chi connectivity index (χ1) is 8.27. The molecule has 0 aromatic carbocycles. The standard InChI is InChI=1S/C7H5N3O8/c11-7(12)3-1-2-4(8(13)14)6(10(17)18)5(3)9(15)16/h1-2H2,(H,11,12). The fourth-order valence-electron chi connectivity index (χ4n) is 1.53. The topological polar surface area (TPSA) is 167 Å². The molecule has 0 spiro atoms. The van der Waals surface area contributed by atoms with Crippen LogP contribution >= 0.6 is 0 Å². The van der Waals surface area contributed by atoms with E-state index in [0.717, 1.165) is 0 Å². The van der Waals surface area contributed by atoms with Gasteiger partial charge in [-0.25, -0.2) is 4.79 Å². The molecule has 11 nitrogen and oxygen atoms in total. The van der Waals surface area contributed by atoms with Gasteiger partial charge in [-0.15, -0.1) is 0 Å². The molecule has 0 atom stereocenters. The van der Waals surface area contributed by atoms with Gasteiger partial charge < -0.3 is 5.11 Å². The Kier molecular flexibility index (Phi) is 3.35. The third-order valence-corrected chi connectivity index (χ3v) is 2.24. The van der Waals surface area contributed by atoms with E-state index in [1.165, 1.54) is 0 Å². The number of carboxylic acids is 1. The van der Waals surface area contributed by atoms with Gasteiger partial charge in [0.15, 0.2) is 0 Å². The van der Waals surface area contributed by atoms with E-state index in [-0.39, 0.29) is 0 Å². The Hall–Kier alpha value is -2.85. The van der Waals surface area contributed by atoms with Crippen LogP contribution in [0.4, 0.5) is 0 Å². The van der Waals surface area contributed by atoms with Crippen LogP contribution in [0.3, 0.4) is 0 Å². The molecule has 0 amide bonds. The summed E-state index contributed by atoms with van der Waals surface area (Å²) < 4.78 is 0. The third-order valence-electron chi connectivity index (χ3n) is 2.24. The number of hydrogen-bond acceptors (Lipinski definition) is 7. The van der Waals surface area contributed by atoms with E-state index >= 15 is 0 Å². The molecule has 1 aliphatic carbocycles. The highest BCUT2D eigenvalue weighted by Crippen LogP contribution is 2.31. The lowest BCUT2D eigenvalue weighted by Crippen LogP contribution is -2.24. The summed E-state index contributed by atoms with van der Waals surface area (Å²) in [5.74, 6) is -1.71. The summed E-state index contributed by atoms with van der Waals surface area (Å²) in [4.78, 5) is 38.9. The largest absolute Gasteiger partial charge is 0.478 e. The summed E-state index contributed by atoms with van der Waals surface area (Å²) >= 11 is 0. The van der Waals surface area contributed by atoms with Gasteiger partial charge in [0.1, 0.15) is 5.57 Å². The second-order valence-electron chi connectivity index (χ2n) is 3.20. The molecule has 96 valence electrons. The van der Waals surface area contributed by atoms with Gasteiger partial charge in [-0.1, -0.05) is 0 Å². The first-order valence-electron chi connectivity index (χ1n) is 4.40. The highest BCUT2D eigenvalue weighted by atomic mass is 16.6. The number of carbonyl (C=O) groups is 1. The van der Waals surface area contributed by atoms with Crippen molar-refractivity contribution in [2.45, 2.75) is 12.8 Å². The summed E-state index contributed by atoms with van der Waals surface area (Å²) in [5, 5.41) is 40.6. The highest BCUT2D eigenvalue weighted by Gasteiger charge is 2.47. The monoisotopic (exact) mass is 259 g/mol. The lowest BCUT2D eigenvalue weighted by atomic mass is 9.97. The Bertz CT molecular complexity index is 483. The first-order valence-corrected chi connectivity index (χ1v) is 4.40. The number of aliphatic carboxylic acids is 1. The second kappa shape index (κ2) is 4.57. The number of carboxylic acid groups (broad SMARTS) is 1. The number of hydrogen-bond donors (Lipinski definition) is 1. The van der Waals surface area contributed by atoms with Crippen LogP contribution in [0.25, 0.3) is 0 Å². The van der Waals surface area contributed by atoms with Gasteiger partial charge in [-0.2, -0.15) is 0 Å². The van der Waals surface area contributed by atoms with E-state index in [4.69, 9.17) is 5.11 Å². The predicted molar refractivity (Wildman–Crippen MR) is 51.9 cm³/mol. The van der Waals surface area contributed by atoms with Gasteiger partial charge in [0.25, 0.3) is 0 Å². The molecule has 18 heavy (non-hydrogen) atoms. The Labute approximate surface area is 97.5 Å². The minimum Gasteiger partial charge on any atom is -0.478 e. The van der Waals surface area contributed by atoms with Crippen molar-refractivity contribution >= 4 is 5.97 Å². The van der Waals surface area contributed by atoms with Gasteiger partial charge in [0.05, 0.1) is 21.2 Å². The van der Waals surface area contributed by atoms with Crippen molar-refractivity contribution in [2.24, 2.45) is 0 Å². The molecule has 1 N–H and O–H groups in total. The van der Waals surface area contributed by atoms with Crippen molar-refractivity contribution in [3.05, 3.63) is 53.0 Å². The number of rotatable bonds is 4. The normalized spacial score (nSPS) is 15.6. The Morgan fingerprint density at radius 1 is 0.944 bits per heavy atom. The van der Waals surface area contributed by atoms with E-state index < -0.39 is 56.2 Å². The van der Waals surface area contributed by atoms with Crippen LogP contribution in [-0.2, 0) is 4.79 Å². The average molecular weight is 259 g/mol. The van der Waals surface area contributed by atoms with E-state index in [2.05, 4.69) is 0 Å². The molecule has 0 aromatic rings. The summed E-state index contributed by atoms with van der Waals surface area (Å²) in [6.07, 6.45) is -1.04. The Morgan fingerprint density at radius 2 is 1.44 bits per heavy atom. The van der Waals surface area contributed by atoms with Crippen LogP contribution in [0.1, 0.15) is 12.8 Å². The molecule has 11 heteroatoms. The van der Waals surface area contributed by atoms with E-state index in [1.54, 1.807) is 0 Å². The maximum absolute atomic E-state index is 10.7. The molecule has 0 bridgehead atoms. The molecule has 0 aliphatic heterocycles. The summed E-state index contributed by atoms with van der Waals surface area (Å²) in [6.45, 7) is 0. The third kappa shape index (κ3) is 2.14.